The summed E-state index contributed by atoms with van der Waals surface area (Å²) in [6.07, 6.45) is 5.69. The third kappa shape index (κ3) is 3.43. The van der Waals surface area contributed by atoms with E-state index in [0.29, 0.717) is 0 Å². The summed E-state index contributed by atoms with van der Waals surface area (Å²) in [4.78, 5) is 7.11. The Morgan fingerprint density at radius 3 is 2.76 bits per heavy atom. The van der Waals surface area contributed by atoms with Crippen LogP contribution in [0.25, 0.3) is 0 Å². The maximum Gasteiger partial charge on any atom is 0.0921 e. The molecule has 0 aliphatic rings. The van der Waals surface area contributed by atoms with Crippen LogP contribution in [0.2, 0.25) is 0 Å². The second-order valence-corrected chi connectivity index (χ2v) is 4.13. The van der Waals surface area contributed by atoms with Crippen LogP contribution in [0.1, 0.15) is 23.7 Å². The van der Waals surface area contributed by atoms with E-state index in [9.17, 15) is 0 Å². The van der Waals surface area contributed by atoms with Crippen molar-refractivity contribution >= 4 is 0 Å². The first-order valence-electron chi connectivity index (χ1n) is 6.15. The number of aryl methyl sites for hydroxylation is 1. The van der Waals surface area contributed by atoms with Gasteiger partial charge in [0.1, 0.15) is 0 Å². The molecule has 0 aliphatic heterocycles. The van der Waals surface area contributed by atoms with Gasteiger partial charge in [0, 0.05) is 31.4 Å². The van der Waals surface area contributed by atoms with Crippen LogP contribution < -0.4 is 5.32 Å². The summed E-state index contributed by atoms with van der Waals surface area (Å²) >= 11 is 0. The van der Waals surface area contributed by atoms with E-state index in [4.69, 9.17) is 0 Å². The fourth-order valence-corrected chi connectivity index (χ4v) is 1.94. The molecule has 3 heteroatoms. The molecule has 17 heavy (non-hydrogen) atoms. The smallest absolute Gasteiger partial charge is 0.0921 e. The largest absolute Gasteiger partial charge is 0.348 e. The van der Waals surface area contributed by atoms with E-state index < -0.39 is 0 Å². The topological polar surface area (TPSA) is 40.7 Å². The molecule has 0 atom stereocenters. The van der Waals surface area contributed by atoms with Crippen molar-refractivity contribution in [1.29, 1.82) is 0 Å². The second kappa shape index (κ2) is 6.21. The van der Waals surface area contributed by atoms with Gasteiger partial charge in [-0.2, -0.15) is 0 Å². The molecule has 0 bridgehead atoms. The van der Waals surface area contributed by atoms with E-state index in [1.807, 2.05) is 6.20 Å². The Labute approximate surface area is 102 Å². The number of nitrogens with one attached hydrogen (secondary N) is 2. The van der Waals surface area contributed by atoms with Crippen molar-refractivity contribution in [3.05, 3.63) is 53.6 Å². The van der Waals surface area contributed by atoms with Gasteiger partial charge in [-0.3, -0.25) is 0 Å². The standard InChI is InChI=1S/C14H19N3/c1-2-12-5-3-4-6-13(12)9-15-8-7-14-10-16-11-17-14/h3-6,10-11,15H,2,7-9H2,1H3,(H,16,17). The molecule has 2 aromatic rings. The molecule has 0 unspecified atom stereocenters. The van der Waals surface area contributed by atoms with E-state index in [0.717, 1.165) is 25.9 Å². The highest BCUT2D eigenvalue weighted by molar-refractivity contribution is 5.26. The molecule has 1 heterocycles. The van der Waals surface area contributed by atoms with Gasteiger partial charge in [0.25, 0.3) is 0 Å². The summed E-state index contributed by atoms with van der Waals surface area (Å²) < 4.78 is 0. The van der Waals surface area contributed by atoms with Gasteiger partial charge in [-0.25, -0.2) is 4.98 Å². The minimum Gasteiger partial charge on any atom is -0.348 e. The highest BCUT2D eigenvalue weighted by Gasteiger charge is 1.99. The minimum absolute atomic E-state index is 0.943. The van der Waals surface area contributed by atoms with Crippen LogP contribution in [0.3, 0.4) is 0 Å². The molecule has 0 saturated heterocycles. The zero-order chi connectivity index (χ0) is 11.9. The predicted octanol–water partition coefficient (Wildman–Crippen LogP) is 2.30. The quantitative estimate of drug-likeness (QED) is 0.746. The zero-order valence-corrected chi connectivity index (χ0v) is 10.2. The summed E-state index contributed by atoms with van der Waals surface area (Å²) in [6.45, 7) is 4.11. The normalized spacial score (nSPS) is 10.6. The van der Waals surface area contributed by atoms with Gasteiger partial charge in [-0.15, -0.1) is 0 Å². The maximum atomic E-state index is 4.00. The summed E-state index contributed by atoms with van der Waals surface area (Å²) in [5, 5.41) is 3.47. The molecule has 0 spiro atoms. The van der Waals surface area contributed by atoms with Crippen molar-refractivity contribution in [3.63, 3.8) is 0 Å². The van der Waals surface area contributed by atoms with Crippen LogP contribution in [0, 0.1) is 0 Å². The Hall–Kier alpha value is -1.61. The first-order valence-corrected chi connectivity index (χ1v) is 6.15. The van der Waals surface area contributed by atoms with E-state index in [1.54, 1.807) is 6.33 Å². The lowest BCUT2D eigenvalue weighted by molar-refractivity contribution is 0.677. The summed E-state index contributed by atoms with van der Waals surface area (Å²) in [7, 11) is 0. The maximum absolute atomic E-state index is 4.00. The number of hydrogen-bond donors (Lipinski definition) is 2. The second-order valence-electron chi connectivity index (χ2n) is 4.13. The lowest BCUT2D eigenvalue weighted by atomic mass is 10.1. The molecule has 90 valence electrons. The van der Waals surface area contributed by atoms with Crippen molar-refractivity contribution < 1.29 is 0 Å². The van der Waals surface area contributed by atoms with Crippen LogP contribution in [-0.2, 0) is 19.4 Å². The number of imidazole rings is 1. The van der Waals surface area contributed by atoms with Crippen molar-refractivity contribution in [2.75, 3.05) is 6.54 Å². The molecule has 0 amide bonds. The van der Waals surface area contributed by atoms with Crippen LogP contribution in [0.4, 0.5) is 0 Å². The van der Waals surface area contributed by atoms with E-state index in [2.05, 4.69) is 46.5 Å². The lowest BCUT2D eigenvalue weighted by Gasteiger charge is -2.08. The Morgan fingerprint density at radius 2 is 2.06 bits per heavy atom. The van der Waals surface area contributed by atoms with E-state index >= 15 is 0 Å². The number of hydrogen-bond acceptors (Lipinski definition) is 2. The molecule has 1 aromatic heterocycles. The van der Waals surface area contributed by atoms with Crippen molar-refractivity contribution in [1.82, 2.24) is 15.3 Å². The van der Waals surface area contributed by atoms with Gasteiger partial charge >= 0.3 is 0 Å². The highest BCUT2D eigenvalue weighted by atomic mass is 14.9. The Bertz CT molecular complexity index is 434. The Balaban J connectivity index is 1.78. The number of rotatable bonds is 6. The number of nitrogens with zero attached hydrogens (tertiary/aromatic N) is 1. The van der Waals surface area contributed by atoms with Gasteiger partial charge < -0.3 is 10.3 Å². The summed E-state index contributed by atoms with van der Waals surface area (Å²) in [6, 6.07) is 8.60. The first-order chi connectivity index (χ1) is 8.40. The summed E-state index contributed by atoms with van der Waals surface area (Å²) in [5.74, 6) is 0. The molecule has 0 aliphatic carbocycles. The van der Waals surface area contributed by atoms with Crippen LogP contribution in [0.15, 0.2) is 36.8 Å². The van der Waals surface area contributed by atoms with Gasteiger partial charge in [-0.1, -0.05) is 31.2 Å². The molecule has 0 saturated carbocycles. The number of benzene rings is 1. The van der Waals surface area contributed by atoms with Gasteiger partial charge in [0.15, 0.2) is 0 Å². The molecule has 1 aromatic carbocycles. The number of H-pyrrole nitrogens is 1. The van der Waals surface area contributed by atoms with E-state index in [-0.39, 0.29) is 0 Å². The fraction of sp³-hybridized carbons (Fsp3) is 0.357. The van der Waals surface area contributed by atoms with Crippen LogP contribution in [-0.4, -0.2) is 16.5 Å². The molecule has 0 radical (unpaired) electrons. The molecule has 2 rings (SSSR count). The van der Waals surface area contributed by atoms with Crippen LogP contribution in [0.5, 0.6) is 0 Å². The fourth-order valence-electron chi connectivity index (χ4n) is 1.94. The molecular formula is C14H19N3. The zero-order valence-electron chi connectivity index (χ0n) is 10.2. The third-order valence-corrected chi connectivity index (χ3v) is 2.94. The van der Waals surface area contributed by atoms with Crippen LogP contribution >= 0.6 is 0 Å². The molecule has 3 nitrogen and oxygen atoms in total. The Kier molecular flexibility index (Phi) is 4.33. The Morgan fingerprint density at radius 1 is 1.24 bits per heavy atom. The number of aromatic nitrogens is 2. The predicted molar refractivity (Wildman–Crippen MR) is 69.8 cm³/mol. The van der Waals surface area contributed by atoms with Gasteiger partial charge in [0.2, 0.25) is 0 Å². The molecule has 2 N–H and O–H groups in total. The molecular weight excluding hydrogens is 210 g/mol. The average molecular weight is 229 g/mol. The van der Waals surface area contributed by atoms with Gasteiger partial charge in [0.05, 0.1) is 6.33 Å². The monoisotopic (exact) mass is 229 g/mol. The van der Waals surface area contributed by atoms with Gasteiger partial charge in [-0.05, 0) is 17.5 Å². The number of aromatic amines is 1. The minimum atomic E-state index is 0.943. The first kappa shape index (κ1) is 11.9. The van der Waals surface area contributed by atoms with Crippen molar-refractivity contribution in [2.45, 2.75) is 26.3 Å². The van der Waals surface area contributed by atoms with Crippen molar-refractivity contribution in [3.8, 4) is 0 Å². The van der Waals surface area contributed by atoms with Crippen molar-refractivity contribution in [2.24, 2.45) is 0 Å². The highest BCUT2D eigenvalue weighted by Crippen LogP contribution is 2.08. The third-order valence-electron chi connectivity index (χ3n) is 2.94. The molecule has 0 fully saturated rings. The SMILES string of the molecule is CCc1ccccc1CNCCc1cnc[nH]1. The summed E-state index contributed by atoms with van der Waals surface area (Å²) in [5.41, 5.74) is 4.02. The lowest BCUT2D eigenvalue weighted by Crippen LogP contribution is -2.17. The average Bonchev–Trinajstić information content (AvgIpc) is 2.88. The van der Waals surface area contributed by atoms with E-state index in [1.165, 1.54) is 16.8 Å².